The van der Waals surface area contributed by atoms with Crippen LogP contribution in [0.25, 0.3) is 22.2 Å². The van der Waals surface area contributed by atoms with Gasteiger partial charge in [0.15, 0.2) is 0 Å². The monoisotopic (exact) mass is 374 g/mol. The maximum absolute atomic E-state index is 5.55. The van der Waals surface area contributed by atoms with Gasteiger partial charge in [0.05, 0.1) is 24.5 Å². The van der Waals surface area contributed by atoms with E-state index in [2.05, 4.69) is 42.5 Å². The number of anilines is 2. The van der Waals surface area contributed by atoms with E-state index in [0.29, 0.717) is 5.82 Å². The Morgan fingerprint density at radius 3 is 2.79 bits per heavy atom. The molecule has 0 radical (unpaired) electrons. The molecule has 0 aliphatic carbocycles. The molecule has 0 unspecified atom stereocenters. The predicted molar refractivity (Wildman–Crippen MR) is 111 cm³/mol. The lowest BCUT2D eigenvalue weighted by molar-refractivity contribution is 0.400. The van der Waals surface area contributed by atoms with E-state index in [1.807, 2.05) is 44.4 Å². The molecule has 0 aliphatic rings. The highest BCUT2D eigenvalue weighted by Gasteiger charge is 2.11. The third kappa shape index (κ3) is 3.79. The van der Waals surface area contributed by atoms with Crippen molar-refractivity contribution in [2.75, 3.05) is 26.5 Å². The van der Waals surface area contributed by atoms with Gasteiger partial charge in [0.2, 0.25) is 0 Å². The second-order valence-electron chi connectivity index (χ2n) is 6.86. The summed E-state index contributed by atoms with van der Waals surface area (Å²) in [7, 11) is 5.77. The molecule has 0 saturated carbocycles. The van der Waals surface area contributed by atoms with Gasteiger partial charge in [0, 0.05) is 29.2 Å². The van der Waals surface area contributed by atoms with Crippen LogP contribution in [0.4, 0.5) is 11.5 Å². The van der Waals surface area contributed by atoms with E-state index in [1.165, 1.54) is 5.56 Å². The number of nitrogens with one attached hydrogen (secondary N) is 2. The van der Waals surface area contributed by atoms with Crippen LogP contribution in [0.5, 0.6) is 5.75 Å². The van der Waals surface area contributed by atoms with Crippen LogP contribution in [-0.4, -0.2) is 46.3 Å². The van der Waals surface area contributed by atoms with Crippen LogP contribution in [0.15, 0.2) is 55.0 Å². The smallest absolute Gasteiger partial charge is 0.134 e. The van der Waals surface area contributed by atoms with Crippen LogP contribution in [0.1, 0.15) is 5.56 Å². The number of benzene rings is 2. The molecular weight excluding hydrogens is 352 g/mol. The quantitative estimate of drug-likeness (QED) is 0.534. The van der Waals surface area contributed by atoms with Crippen molar-refractivity contribution >= 4 is 22.4 Å². The van der Waals surface area contributed by atoms with Gasteiger partial charge in [0.25, 0.3) is 0 Å². The highest BCUT2D eigenvalue weighted by molar-refractivity contribution is 5.83. The molecule has 7 nitrogen and oxygen atoms in total. The van der Waals surface area contributed by atoms with Crippen LogP contribution in [-0.2, 0) is 6.54 Å². The van der Waals surface area contributed by atoms with Crippen LogP contribution < -0.4 is 10.1 Å². The van der Waals surface area contributed by atoms with E-state index in [0.717, 1.165) is 40.1 Å². The largest absolute Gasteiger partial charge is 0.496 e. The van der Waals surface area contributed by atoms with Gasteiger partial charge in [-0.1, -0.05) is 6.07 Å². The molecule has 0 spiro atoms. The highest BCUT2D eigenvalue weighted by atomic mass is 16.5. The van der Waals surface area contributed by atoms with E-state index in [-0.39, 0.29) is 0 Å². The summed E-state index contributed by atoms with van der Waals surface area (Å²) in [5.41, 5.74) is 4.87. The van der Waals surface area contributed by atoms with Crippen molar-refractivity contribution in [3.8, 4) is 17.0 Å². The van der Waals surface area contributed by atoms with Crippen LogP contribution in [0, 0.1) is 0 Å². The van der Waals surface area contributed by atoms with Crippen molar-refractivity contribution in [3.63, 3.8) is 0 Å². The van der Waals surface area contributed by atoms with Gasteiger partial charge in [-0.2, -0.15) is 5.10 Å². The first-order valence-electron chi connectivity index (χ1n) is 8.96. The molecule has 4 rings (SSSR count). The Bertz CT molecular complexity index is 1100. The number of ether oxygens (including phenoxy) is 1. The summed E-state index contributed by atoms with van der Waals surface area (Å²) in [5.74, 6) is 1.50. The Morgan fingerprint density at radius 2 is 1.96 bits per heavy atom. The Labute approximate surface area is 163 Å². The Kier molecular flexibility index (Phi) is 4.90. The number of nitrogens with zero attached hydrogens (tertiary/aromatic N) is 4. The topological polar surface area (TPSA) is 79.0 Å². The molecule has 2 aromatic carbocycles. The van der Waals surface area contributed by atoms with E-state index in [4.69, 9.17) is 4.74 Å². The maximum atomic E-state index is 5.55. The molecule has 7 heteroatoms. The molecule has 2 heterocycles. The van der Waals surface area contributed by atoms with E-state index in [1.54, 1.807) is 19.6 Å². The zero-order valence-corrected chi connectivity index (χ0v) is 16.1. The molecule has 2 N–H and O–H groups in total. The lowest BCUT2D eigenvalue weighted by Crippen LogP contribution is -2.10. The normalized spacial score (nSPS) is 11.1. The third-order valence-electron chi connectivity index (χ3n) is 4.42. The summed E-state index contributed by atoms with van der Waals surface area (Å²) >= 11 is 0. The number of aromatic nitrogens is 4. The summed E-state index contributed by atoms with van der Waals surface area (Å²) in [6.45, 7) is 0.845. The molecule has 2 aromatic heterocycles. The SMILES string of the molecule is COc1ccc(CN(C)C)cc1-c1cc(Nc2ccc3[nH]ncc3c2)ncn1. The van der Waals surface area contributed by atoms with Gasteiger partial charge < -0.3 is 15.0 Å². The number of hydrogen-bond acceptors (Lipinski definition) is 6. The number of rotatable bonds is 6. The van der Waals surface area contributed by atoms with Gasteiger partial charge >= 0.3 is 0 Å². The number of hydrogen-bond donors (Lipinski definition) is 2. The molecular formula is C21H22N6O. The fourth-order valence-corrected chi connectivity index (χ4v) is 3.16. The van der Waals surface area contributed by atoms with Crippen LogP contribution >= 0.6 is 0 Å². The van der Waals surface area contributed by atoms with Crippen molar-refractivity contribution in [1.29, 1.82) is 0 Å². The Hall–Kier alpha value is -3.45. The third-order valence-corrected chi connectivity index (χ3v) is 4.42. The van der Waals surface area contributed by atoms with Crippen molar-refractivity contribution in [2.45, 2.75) is 6.54 Å². The minimum absolute atomic E-state index is 0.716. The Morgan fingerprint density at radius 1 is 1.07 bits per heavy atom. The zero-order valence-electron chi connectivity index (χ0n) is 16.1. The molecule has 142 valence electrons. The standard InChI is InChI=1S/C21H22N6O/c1-27(2)12-14-4-7-20(28-3)17(8-14)19-10-21(23-13-22-19)25-16-5-6-18-15(9-16)11-24-26-18/h4-11,13H,12H2,1-3H3,(H,24,26)(H,22,23,25). The summed E-state index contributed by atoms with van der Waals surface area (Å²) in [4.78, 5) is 11.0. The number of methoxy groups -OCH3 is 1. The Balaban J connectivity index is 1.66. The predicted octanol–water partition coefficient (Wildman–Crippen LogP) is 3.83. The molecule has 0 atom stereocenters. The first-order chi connectivity index (χ1) is 13.6. The van der Waals surface area contributed by atoms with Crippen molar-refractivity contribution in [1.82, 2.24) is 25.1 Å². The number of aromatic amines is 1. The molecule has 0 saturated heterocycles. The minimum atomic E-state index is 0.716. The maximum Gasteiger partial charge on any atom is 0.134 e. The van der Waals surface area contributed by atoms with Crippen molar-refractivity contribution in [3.05, 3.63) is 60.6 Å². The van der Waals surface area contributed by atoms with E-state index >= 15 is 0 Å². The summed E-state index contributed by atoms with van der Waals surface area (Å²) < 4.78 is 5.55. The average molecular weight is 374 g/mol. The lowest BCUT2D eigenvalue weighted by atomic mass is 10.1. The van der Waals surface area contributed by atoms with Gasteiger partial charge in [-0.25, -0.2) is 9.97 Å². The van der Waals surface area contributed by atoms with Gasteiger partial charge in [-0.05, 0) is 50.0 Å². The van der Waals surface area contributed by atoms with Crippen molar-refractivity contribution in [2.24, 2.45) is 0 Å². The molecule has 0 aliphatic heterocycles. The first kappa shape index (κ1) is 17.9. The second-order valence-corrected chi connectivity index (χ2v) is 6.86. The fourth-order valence-electron chi connectivity index (χ4n) is 3.16. The zero-order chi connectivity index (χ0) is 19.5. The minimum Gasteiger partial charge on any atom is -0.496 e. The van der Waals surface area contributed by atoms with Crippen LogP contribution in [0.2, 0.25) is 0 Å². The summed E-state index contributed by atoms with van der Waals surface area (Å²) in [5, 5.41) is 11.4. The van der Waals surface area contributed by atoms with Gasteiger partial charge in [-0.3, -0.25) is 5.10 Å². The summed E-state index contributed by atoms with van der Waals surface area (Å²) in [6, 6.07) is 14.1. The van der Waals surface area contributed by atoms with E-state index < -0.39 is 0 Å². The van der Waals surface area contributed by atoms with Crippen molar-refractivity contribution < 1.29 is 4.74 Å². The second kappa shape index (κ2) is 7.66. The number of H-pyrrole nitrogens is 1. The van der Waals surface area contributed by atoms with E-state index in [9.17, 15) is 0 Å². The van der Waals surface area contributed by atoms with Gasteiger partial charge in [0.1, 0.15) is 17.9 Å². The molecule has 4 aromatic rings. The number of fused-ring (bicyclic) bond motifs is 1. The van der Waals surface area contributed by atoms with Gasteiger partial charge in [-0.15, -0.1) is 0 Å². The summed E-state index contributed by atoms with van der Waals surface area (Å²) in [6.07, 6.45) is 3.36. The first-order valence-corrected chi connectivity index (χ1v) is 8.96. The molecule has 0 fully saturated rings. The van der Waals surface area contributed by atoms with Crippen LogP contribution in [0.3, 0.4) is 0 Å². The molecule has 28 heavy (non-hydrogen) atoms. The lowest BCUT2D eigenvalue weighted by Gasteiger charge is -2.14. The fraction of sp³-hybridized carbons (Fsp3) is 0.190. The average Bonchev–Trinajstić information content (AvgIpc) is 3.15. The highest BCUT2D eigenvalue weighted by Crippen LogP contribution is 2.31. The molecule has 0 bridgehead atoms. The molecule has 0 amide bonds.